The first-order valence-corrected chi connectivity index (χ1v) is 6.71. The standard InChI is InChI=1S/C11H7BrClF4N3O/c12-9-18-10(20(19-9)2-1-11(15,16)17)21-8-4-6(13)3-7(14)5-8/h3-5H,1-2H2. The zero-order chi connectivity index (χ0) is 15.6. The molecule has 0 atom stereocenters. The van der Waals surface area contributed by atoms with E-state index in [1.54, 1.807) is 0 Å². The predicted molar refractivity (Wildman–Crippen MR) is 69.9 cm³/mol. The summed E-state index contributed by atoms with van der Waals surface area (Å²) in [7, 11) is 0. The zero-order valence-corrected chi connectivity index (χ0v) is 12.5. The van der Waals surface area contributed by atoms with Crippen LogP contribution in [0.2, 0.25) is 5.02 Å². The molecule has 0 N–H and O–H groups in total. The first-order chi connectivity index (χ1) is 9.73. The van der Waals surface area contributed by atoms with Gasteiger partial charge in [-0.3, -0.25) is 0 Å². The predicted octanol–water partition coefficient (Wildman–Crippen LogP) is 4.58. The molecule has 21 heavy (non-hydrogen) atoms. The Hall–Kier alpha value is -1.35. The first-order valence-electron chi connectivity index (χ1n) is 5.54. The van der Waals surface area contributed by atoms with Crippen LogP contribution >= 0.6 is 27.5 Å². The van der Waals surface area contributed by atoms with Crippen LogP contribution < -0.4 is 4.74 Å². The van der Waals surface area contributed by atoms with Gasteiger partial charge >= 0.3 is 12.2 Å². The van der Waals surface area contributed by atoms with Gasteiger partial charge in [-0.15, -0.1) is 5.10 Å². The number of hydrogen-bond donors (Lipinski definition) is 0. The number of hydrogen-bond acceptors (Lipinski definition) is 3. The molecule has 0 aliphatic heterocycles. The molecule has 0 spiro atoms. The number of benzene rings is 1. The van der Waals surface area contributed by atoms with Gasteiger partial charge in [-0.05, 0) is 28.1 Å². The van der Waals surface area contributed by atoms with Crippen molar-refractivity contribution in [2.24, 2.45) is 0 Å². The largest absolute Gasteiger partial charge is 0.424 e. The van der Waals surface area contributed by atoms with Crippen LogP contribution in [0, 0.1) is 5.82 Å². The molecule has 4 nitrogen and oxygen atoms in total. The van der Waals surface area contributed by atoms with Crippen molar-refractivity contribution in [2.45, 2.75) is 19.1 Å². The number of halogens is 6. The summed E-state index contributed by atoms with van der Waals surface area (Å²) in [6.07, 6.45) is -5.43. The van der Waals surface area contributed by atoms with Gasteiger partial charge in [0, 0.05) is 11.1 Å². The van der Waals surface area contributed by atoms with Crippen molar-refractivity contribution in [2.75, 3.05) is 0 Å². The average Bonchev–Trinajstić information content (AvgIpc) is 2.64. The molecule has 0 radical (unpaired) electrons. The van der Waals surface area contributed by atoms with Crippen LogP contribution in [-0.4, -0.2) is 20.9 Å². The Kier molecular flexibility index (Phi) is 4.72. The van der Waals surface area contributed by atoms with Crippen molar-refractivity contribution >= 4 is 27.5 Å². The van der Waals surface area contributed by atoms with E-state index >= 15 is 0 Å². The van der Waals surface area contributed by atoms with Gasteiger partial charge in [-0.2, -0.15) is 18.2 Å². The van der Waals surface area contributed by atoms with Gasteiger partial charge in [-0.1, -0.05) is 11.6 Å². The lowest BCUT2D eigenvalue weighted by atomic mass is 10.3. The molecule has 2 aromatic rings. The summed E-state index contributed by atoms with van der Waals surface area (Å²) in [5, 5.41) is 3.81. The maximum Gasteiger partial charge on any atom is 0.390 e. The van der Waals surface area contributed by atoms with Gasteiger partial charge in [0.2, 0.25) is 4.73 Å². The van der Waals surface area contributed by atoms with Crippen LogP contribution in [0.1, 0.15) is 6.42 Å². The molecule has 0 unspecified atom stereocenters. The normalized spacial score (nSPS) is 11.7. The van der Waals surface area contributed by atoms with Crippen molar-refractivity contribution in [3.8, 4) is 11.8 Å². The third kappa shape index (κ3) is 4.85. The number of nitrogens with zero attached hydrogens (tertiary/aromatic N) is 3. The Bertz CT molecular complexity index is 627. The van der Waals surface area contributed by atoms with E-state index in [-0.39, 0.29) is 21.5 Å². The van der Waals surface area contributed by atoms with Gasteiger partial charge < -0.3 is 4.74 Å². The van der Waals surface area contributed by atoms with Crippen LogP contribution in [0.5, 0.6) is 11.8 Å². The molecule has 2 rings (SSSR count). The van der Waals surface area contributed by atoms with E-state index < -0.39 is 25.0 Å². The van der Waals surface area contributed by atoms with Crippen molar-refractivity contribution < 1.29 is 22.3 Å². The third-order valence-electron chi connectivity index (χ3n) is 2.26. The number of aromatic nitrogens is 3. The lowest BCUT2D eigenvalue weighted by molar-refractivity contribution is -0.137. The molecule has 0 amide bonds. The SMILES string of the molecule is Fc1cc(Cl)cc(Oc2nc(Br)nn2CCC(F)(F)F)c1. The molecule has 0 saturated carbocycles. The summed E-state index contributed by atoms with van der Waals surface area (Å²) in [6, 6.07) is 3.20. The molecule has 0 bridgehead atoms. The van der Waals surface area contributed by atoms with Crippen molar-refractivity contribution in [3.05, 3.63) is 33.8 Å². The van der Waals surface area contributed by atoms with Crippen LogP contribution in [0.15, 0.2) is 22.9 Å². The molecule has 10 heteroatoms. The highest BCUT2D eigenvalue weighted by Gasteiger charge is 2.28. The Labute approximate surface area is 129 Å². The lowest BCUT2D eigenvalue weighted by Gasteiger charge is -2.09. The van der Waals surface area contributed by atoms with Crippen LogP contribution in [-0.2, 0) is 6.54 Å². The number of ether oxygens (including phenoxy) is 1. The lowest BCUT2D eigenvalue weighted by Crippen LogP contribution is -2.13. The minimum absolute atomic E-state index is 0.00755. The van der Waals surface area contributed by atoms with E-state index in [9.17, 15) is 17.6 Å². The minimum Gasteiger partial charge on any atom is -0.424 e. The molecule has 114 valence electrons. The number of aryl methyl sites for hydroxylation is 1. The third-order valence-corrected chi connectivity index (χ3v) is 2.82. The number of alkyl halides is 3. The summed E-state index contributed by atoms with van der Waals surface area (Å²) < 4.78 is 56.1. The van der Waals surface area contributed by atoms with Gasteiger partial charge in [0.25, 0.3) is 0 Å². The van der Waals surface area contributed by atoms with E-state index in [2.05, 4.69) is 26.0 Å². The molecule has 0 fully saturated rings. The maximum atomic E-state index is 13.2. The molecule has 1 aromatic heterocycles. The monoisotopic (exact) mass is 387 g/mol. The van der Waals surface area contributed by atoms with Crippen molar-refractivity contribution in [1.82, 2.24) is 14.8 Å². The second-order valence-electron chi connectivity index (χ2n) is 3.96. The smallest absolute Gasteiger partial charge is 0.390 e. The fourth-order valence-corrected chi connectivity index (χ4v) is 2.00. The Balaban J connectivity index is 2.19. The summed E-state index contributed by atoms with van der Waals surface area (Å²) in [5.41, 5.74) is 0. The molecule has 0 aliphatic carbocycles. The minimum atomic E-state index is -4.34. The highest BCUT2D eigenvalue weighted by Crippen LogP contribution is 2.27. The summed E-state index contributed by atoms with van der Waals surface area (Å²) in [4.78, 5) is 3.78. The van der Waals surface area contributed by atoms with Gasteiger partial charge in [0.15, 0.2) is 0 Å². The summed E-state index contributed by atoms with van der Waals surface area (Å²) in [6.45, 7) is -0.472. The first kappa shape index (κ1) is 16.0. The average molecular weight is 389 g/mol. The Morgan fingerprint density at radius 1 is 1.29 bits per heavy atom. The van der Waals surface area contributed by atoms with E-state index in [4.69, 9.17) is 16.3 Å². The van der Waals surface area contributed by atoms with Crippen molar-refractivity contribution in [1.29, 1.82) is 0 Å². The quantitative estimate of drug-likeness (QED) is 0.720. The molecule has 1 aromatic carbocycles. The molecule has 1 heterocycles. The highest BCUT2D eigenvalue weighted by molar-refractivity contribution is 9.10. The zero-order valence-electron chi connectivity index (χ0n) is 10.2. The Morgan fingerprint density at radius 2 is 2.00 bits per heavy atom. The van der Waals surface area contributed by atoms with Crippen LogP contribution in [0.25, 0.3) is 0 Å². The van der Waals surface area contributed by atoms with Crippen LogP contribution in [0.4, 0.5) is 17.6 Å². The van der Waals surface area contributed by atoms with Gasteiger partial charge in [-0.25, -0.2) is 9.07 Å². The van der Waals surface area contributed by atoms with Gasteiger partial charge in [0.05, 0.1) is 13.0 Å². The maximum absolute atomic E-state index is 13.2. The van der Waals surface area contributed by atoms with Gasteiger partial charge in [0.1, 0.15) is 11.6 Å². The molecule has 0 saturated heterocycles. The van der Waals surface area contributed by atoms with E-state index in [1.807, 2.05) is 0 Å². The van der Waals surface area contributed by atoms with E-state index in [1.165, 1.54) is 6.07 Å². The second kappa shape index (κ2) is 6.18. The summed E-state index contributed by atoms with van der Waals surface area (Å²) in [5.74, 6) is -0.633. The topological polar surface area (TPSA) is 39.9 Å². The summed E-state index contributed by atoms with van der Waals surface area (Å²) >= 11 is 8.60. The fourth-order valence-electron chi connectivity index (χ4n) is 1.45. The molecular weight excluding hydrogens is 381 g/mol. The Morgan fingerprint density at radius 3 is 2.62 bits per heavy atom. The van der Waals surface area contributed by atoms with E-state index in [0.29, 0.717) is 0 Å². The highest BCUT2D eigenvalue weighted by atomic mass is 79.9. The van der Waals surface area contributed by atoms with E-state index in [0.717, 1.165) is 16.8 Å². The van der Waals surface area contributed by atoms with Crippen molar-refractivity contribution in [3.63, 3.8) is 0 Å². The number of rotatable bonds is 4. The second-order valence-corrected chi connectivity index (χ2v) is 5.10. The fraction of sp³-hybridized carbons (Fsp3) is 0.273. The molecular formula is C11H7BrClF4N3O. The van der Waals surface area contributed by atoms with Crippen LogP contribution in [0.3, 0.4) is 0 Å². The molecule has 0 aliphatic rings.